The highest BCUT2D eigenvalue weighted by Crippen LogP contribution is 2.28. The molecule has 0 amide bonds. The molecular weight excluding hydrogens is 172 g/mol. The van der Waals surface area contributed by atoms with E-state index >= 15 is 0 Å². The van der Waals surface area contributed by atoms with Crippen molar-refractivity contribution in [1.82, 2.24) is 5.01 Å². The molecule has 0 spiro atoms. The quantitative estimate of drug-likeness (QED) is 0.574. The summed E-state index contributed by atoms with van der Waals surface area (Å²) in [4.78, 5) is 0. The van der Waals surface area contributed by atoms with Crippen molar-refractivity contribution in [1.29, 1.82) is 0 Å². The van der Waals surface area contributed by atoms with Gasteiger partial charge in [-0.05, 0) is 12.8 Å². The maximum Gasteiger partial charge on any atom is 0.0634 e. The molecule has 0 saturated heterocycles. The molecule has 0 radical (unpaired) electrons. The highest BCUT2D eigenvalue weighted by molar-refractivity contribution is 6.21. The summed E-state index contributed by atoms with van der Waals surface area (Å²) in [5.74, 6) is 0. The second-order valence-corrected chi connectivity index (χ2v) is 4.18. The van der Waals surface area contributed by atoms with Crippen LogP contribution in [0.3, 0.4) is 0 Å². The van der Waals surface area contributed by atoms with E-state index < -0.39 is 0 Å². The predicted molar refractivity (Wildman–Crippen MR) is 51.7 cm³/mol. The van der Waals surface area contributed by atoms with Crippen LogP contribution in [-0.2, 0) is 0 Å². The zero-order valence-corrected chi connectivity index (χ0v) is 8.00. The third-order valence-corrected chi connectivity index (χ3v) is 3.26. The van der Waals surface area contributed by atoms with Crippen LogP contribution in [0.15, 0.2) is 5.10 Å². The fourth-order valence-electron chi connectivity index (χ4n) is 2.06. The van der Waals surface area contributed by atoms with E-state index in [-0.39, 0.29) is 0 Å². The molecule has 1 aliphatic heterocycles. The number of hydrazone groups is 1. The number of hydrogen-bond acceptors (Lipinski definition) is 2. The topological polar surface area (TPSA) is 15.6 Å². The predicted octanol–water partition coefficient (Wildman–Crippen LogP) is 2.23. The molecule has 1 fully saturated rings. The van der Waals surface area contributed by atoms with Gasteiger partial charge in [0.15, 0.2) is 0 Å². The number of nitrogens with zero attached hydrogens (tertiary/aromatic N) is 2. The van der Waals surface area contributed by atoms with Gasteiger partial charge in [-0.25, -0.2) is 0 Å². The summed E-state index contributed by atoms with van der Waals surface area (Å²) in [5, 5.41) is 6.84. The van der Waals surface area contributed by atoms with Gasteiger partial charge in [-0.15, -0.1) is 11.6 Å². The van der Waals surface area contributed by atoms with E-state index in [0.717, 1.165) is 19.4 Å². The molecule has 0 bridgehead atoms. The summed E-state index contributed by atoms with van der Waals surface area (Å²) in [5.41, 5.74) is 0. The lowest BCUT2D eigenvalue weighted by atomic mass is 9.94. The van der Waals surface area contributed by atoms with Crippen molar-refractivity contribution < 1.29 is 0 Å². The monoisotopic (exact) mass is 186 g/mol. The Morgan fingerprint density at radius 1 is 1.33 bits per heavy atom. The van der Waals surface area contributed by atoms with E-state index in [2.05, 4.69) is 10.1 Å². The van der Waals surface area contributed by atoms with Crippen molar-refractivity contribution in [3.63, 3.8) is 0 Å². The summed E-state index contributed by atoms with van der Waals surface area (Å²) in [6.07, 6.45) is 8.10. The molecule has 0 aromatic heterocycles. The molecule has 2 aliphatic rings. The molecule has 12 heavy (non-hydrogen) atoms. The van der Waals surface area contributed by atoms with Crippen molar-refractivity contribution in [2.75, 3.05) is 6.54 Å². The third-order valence-electron chi connectivity index (χ3n) is 2.75. The maximum absolute atomic E-state index is 6.25. The standard InChI is InChI=1S/C9H15ClN2/c10-8-4-1-2-5-9(8)12-7-3-6-11-12/h6,8-9H,1-5,7H2. The van der Waals surface area contributed by atoms with Gasteiger partial charge in [-0.1, -0.05) is 12.8 Å². The van der Waals surface area contributed by atoms with Crippen molar-refractivity contribution >= 4 is 17.8 Å². The van der Waals surface area contributed by atoms with E-state index in [9.17, 15) is 0 Å². The smallest absolute Gasteiger partial charge is 0.0634 e. The molecule has 0 N–H and O–H groups in total. The van der Waals surface area contributed by atoms with Crippen LogP contribution in [0, 0.1) is 0 Å². The first-order valence-electron chi connectivity index (χ1n) is 4.81. The van der Waals surface area contributed by atoms with Crippen molar-refractivity contribution in [2.45, 2.75) is 43.5 Å². The van der Waals surface area contributed by atoms with Crippen LogP contribution in [-0.4, -0.2) is 29.2 Å². The number of halogens is 1. The normalized spacial score (nSPS) is 35.9. The lowest BCUT2D eigenvalue weighted by Gasteiger charge is -2.33. The molecule has 2 unspecified atom stereocenters. The second-order valence-electron chi connectivity index (χ2n) is 3.62. The fraction of sp³-hybridized carbons (Fsp3) is 0.889. The Balaban J connectivity index is 1.95. The van der Waals surface area contributed by atoms with Gasteiger partial charge in [0.1, 0.15) is 0 Å². The van der Waals surface area contributed by atoms with Crippen molar-refractivity contribution in [3.05, 3.63) is 0 Å². The molecule has 1 aliphatic carbocycles. The Morgan fingerprint density at radius 2 is 2.17 bits per heavy atom. The zero-order valence-electron chi connectivity index (χ0n) is 7.25. The molecule has 2 nitrogen and oxygen atoms in total. The highest BCUT2D eigenvalue weighted by atomic mass is 35.5. The largest absolute Gasteiger partial charge is 0.292 e. The van der Waals surface area contributed by atoms with Gasteiger partial charge in [-0.3, -0.25) is 5.01 Å². The minimum Gasteiger partial charge on any atom is -0.292 e. The molecule has 2 rings (SSSR count). The number of hydrogen-bond donors (Lipinski definition) is 0. The minimum absolute atomic E-state index is 0.328. The minimum atomic E-state index is 0.328. The van der Waals surface area contributed by atoms with Crippen molar-refractivity contribution in [2.24, 2.45) is 5.10 Å². The molecule has 0 aromatic carbocycles. The lowest BCUT2D eigenvalue weighted by molar-refractivity contribution is 0.182. The molecular formula is C9H15ClN2. The van der Waals surface area contributed by atoms with Gasteiger partial charge in [0.25, 0.3) is 0 Å². The van der Waals surface area contributed by atoms with Crippen LogP contribution in [0.5, 0.6) is 0 Å². The second kappa shape index (κ2) is 3.65. The summed E-state index contributed by atoms with van der Waals surface area (Å²) in [6.45, 7) is 1.08. The number of alkyl halides is 1. The third kappa shape index (κ3) is 1.58. The van der Waals surface area contributed by atoms with Crippen molar-refractivity contribution in [3.8, 4) is 0 Å². The van der Waals surface area contributed by atoms with E-state index in [1.807, 2.05) is 6.21 Å². The molecule has 68 valence electrons. The Labute approximate surface area is 78.6 Å². The van der Waals surface area contributed by atoms with Gasteiger partial charge < -0.3 is 0 Å². The van der Waals surface area contributed by atoms with Gasteiger partial charge >= 0.3 is 0 Å². The first-order valence-corrected chi connectivity index (χ1v) is 5.25. The van der Waals surface area contributed by atoms with Crippen LogP contribution in [0.25, 0.3) is 0 Å². The van der Waals surface area contributed by atoms with Crippen LogP contribution in [0.4, 0.5) is 0 Å². The summed E-state index contributed by atoms with van der Waals surface area (Å²) >= 11 is 6.25. The Kier molecular flexibility index (Phi) is 2.54. The van der Waals surface area contributed by atoms with E-state index in [1.165, 1.54) is 19.3 Å². The van der Waals surface area contributed by atoms with Gasteiger partial charge in [0.2, 0.25) is 0 Å². The first-order chi connectivity index (χ1) is 5.88. The van der Waals surface area contributed by atoms with Crippen LogP contribution < -0.4 is 0 Å². The van der Waals surface area contributed by atoms with Gasteiger partial charge in [0.05, 0.1) is 11.4 Å². The average Bonchev–Trinajstić information content (AvgIpc) is 2.57. The lowest BCUT2D eigenvalue weighted by Crippen LogP contribution is -2.39. The molecule has 2 atom stereocenters. The van der Waals surface area contributed by atoms with E-state index in [0.29, 0.717) is 11.4 Å². The number of rotatable bonds is 1. The van der Waals surface area contributed by atoms with Gasteiger partial charge in [-0.2, -0.15) is 5.10 Å². The Morgan fingerprint density at radius 3 is 2.83 bits per heavy atom. The SMILES string of the molecule is ClC1CCCCC1N1CCC=N1. The molecule has 1 saturated carbocycles. The molecule has 3 heteroatoms. The Bertz CT molecular complexity index is 181. The maximum atomic E-state index is 6.25. The van der Waals surface area contributed by atoms with Crippen LogP contribution in [0.1, 0.15) is 32.1 Å². The molecule has 1 heterocycles. The zero-order chi connectivity index (χ0) is 8.39. The summed E-state index contributed by atoms with van der Waals surface area (Å²) < 4.78 is 0. The average molecular weight is 187 g/mol. The van der Waals surface area contributed by atoms with Gasteiger partial charge in [0, 0.05) is 19.2 Å². The van der Waals surface area contributed by atoms with Crippen LogP contribution >= 0.6 is 11.6 Å². The summed E-state index contributed by atoms with van der Waals surface area (Å²) in [7, 11) is 0. The molecule has 0 aromatic rings. The summed E-state index contributed by atoms with van der Waals surface area (Å²) in [6, 6.07) is 0.513. The highest BCUT2D eigenvalue weighted by Gasteiger charge is 2.28. The van der Waals surface area contributed by atoms with E-state index in [1.54, 1.807) is 0 Å². The first kappa shape index (κ1) is 8.36. The van der Waals surface area contributed by atoms with Crippen LogP contribution in [0.2, 0.25) is 0 Å². The fourth-order valence-corrected chi connectivity index (χ4v) is 2.47. The van der Waals surface area contributed by atoms with E-state index in [4.69, 9.17) is 11.6 Å². The Hall–Kier alpha value is -0.240.